The van der Waals surface area contributed by atoms with Crippen molar-refractivity contribution in [1.29, 1.82) is 0 Å². The number of phenolic OH excluding ortho intramolecular Hbond substituents is 2. The molecule has 0 radical (unpaired) electrons. The summed E-state index contributed by atoms with van der Waals surface area (Å²) in [4.78, 5) is 4.00. The lowest BCUT2D eigenvalue weighted by Crippen LogP contribution is -2.17. The van der Waals surface area contributed by atoms with Gasteiger partial charge in [0.1, 0.15) is 10.7 Å². The summed E-state index contributed by atoms with van der Waals surface area (Å²) in [6.07, 6.45) is 3.24. The van der Waals surface area contributed by atoms with Crippen LogP contribution in [0.5, 0.6) is 11.5 Å². The Hall–Kier alpha value is -1.24. The van der Waals surface area contributed by atoms with Gasteiger partial charge in [0, 0.05) is 36.8 Å². The lowest BCUT2D eigenvalue weighted by molar-refractivity contribution is 0.448. The van der Waals surface area contributed by atoms with E-state index in [2.05, 4.69) is 8.20 Å². The van der Waals surface area contributed by atoms with Crippen molar-refractivity contribution in [3.63, 3.8) is 0 Å². The quantitative estimate of drug-likeness (QED) is 0.537. The highest BCUT2D eigenvalue weighted by molar-refractivity contribution is 14.2. The summed E-state index contributed by atoms with van der Waals surface area (Å²) in [5.41, 5.74) is 1.21. The lowest BCUT2D eigenvalue weighted by atomic mass is 10.1. The second-order valence-corrected chi connectivity index (χ2v) is 4.62. The van der Waals surface area contributed by atoms with Crippen molar-refractivity contribution in [3.8, 4) is 11.5 Å². The number of aromatic hydroxyl groups is 2. The Kier molecular flexibility index (Phi) is 1.52. The Morgan fingerprint density at radius 1 is 1.07 bits per heavy atom. The van der Waals surface area contributed by atoms with Crippen LogP contribution in [0.4, 0.5) is 0 Å². The summed E-state index contributed by atoms with van der Waals surface area (Å²) in [6, 6.07) is 0. The monoisotopic (exact) mass is 300 g/mol. The molecule has 5 heteroatoms. The van der Waals surface area contributed by atoms with E-state index in [0.29, 0.717) is 21.8 Å². The molecule has 14 heavy (non-hydrogen) atoms. The first-order valence-corrected chi connectivity index (χ1v) is 6.16. The van der Waals surface area contributed by atoms with Crippen LogP contribution in [0.3, 0.4) is 0 Å². The number of benzene rings is 1. The fourth-order valence-corrected chi connectivity index (χ4v) is 3.29. The van der Waals surface area contributed by atoms with Crippen molar-refractivity contribution >= 4 is 31.1 Å². The number of phenols is 2. The minimum Gasteiger partial charge on any atom is -0.505 e. The number of fused-ring (bicyclic) bond motifs is 2. The second kappa shape index (κ2) is 2.63. The van der Waals surface area contributed by atoms with Gasteiger partial charge in [-0.3, -0.25) is 4.99 Å². The first kappa shape index (κ1) is 8.10. The van der Waals surface area contributed by atoms with Gasteiger partial charge >= 0.3 is 0 Å². The van der Waals surface area contributed by atoms with Gasteiger partial charge in [-0.1, -0.05) is 0 Å². The van der Waals surface area contributed by atoms with Gasteiger partial charge in [0.05, 0.1) is 5.56 Å². The molecule has 0 saturated carbocycles. The average Bonchev–Trinajstić information content (AvgIpc) is 2.82. The lowest BCUT2D eigenvalue weighted by Gasteiger charge is -2.01. The Bertz CT molecular complexity index is 561. The number of nitrogens with zero attached hydrogens (tertiary/aromatic N) is 2. The van der Waals surface area contributed by atoms with Gasteiger partial charge in [0.15, 0.2) is 11.5 Å². The van der Waals surface area contributed by atoms with E-state index in [1.807, 2.05) is 4.01 Å². The smallest absolute Gasteiger partial charge is 0.152 e. The zero-order valence-electron chi connectivity index (χ0n) is 6.90. The molecule has 2 aliphatic heterocycles. The second-order valence-electron chi connectivity index (χ2n) is 2.96. The van der Waals surface area contributed by atoms with E-state index in [4.69, 9.17) is 0 Å². The first-order valence-electron chi connectivity index (χ1n) is 3.95. The standard InChI is InChI=1S/C9H5IN2O2/c13-8-4-1-2-11-6(4)9(14)5-3-10-12-7(5)8/h1-3,13-14H. The third-order valence-corrected chi connectivity index (χ3v) is 3.87. The predicted molar refractivity (Wildman–Crippen MR) is 60.3 cm³/mol. The molecule has 3 rings (SSSR count). The van der Waals surface area contributed by atoms with E-state index in [0.717, 1.165) is 0 Å². The summed E-state index contributed by atoms with van der Waals surface area (Å²) in [5, 5.41) is 20.7. The topological polar surface area (TPSA) is 65.2 Å². The van der Waals surface area contributed by atoms with Crippen molar-refractivity contribution in [1.82, 2.24) is 0 Å². The fraction of sp³-hybridized carbons (Fsp3) is 0. The molecule has 1 aromatic rings. The molecule has 0 amide bonds. The van der Waals surface area contributed by atoms with Crippen LogP contribution < -0.4 is 10.7 Å². The Balaban J connectivity index is 2.61. The van der Waals surface area contributed by atoms with Gasteiger partial charge in [-0.2, -0.15) is 0 Å². The van der Waals surface area contributed by atoms with Gasteiger partial charge in [-0.05, 0) is 6.08 Å². The number of rotatable bonds is 0. The van der Waals surface area contributed by atoms with Crippen LogP contribution in [0.15, 0.2) is 14.4 Å². The molecular formula is C9H5IN2O2. The van der Waals surface area contributed by atoms with Crippen molar-refractivity contribution in [2.45, 2.75) is 0 Å². The van der Waals surface area contributed by atoms with Gasteiger partial charge < -0.3 is 10.2 Å². The van der Waals surface area contributed by atoms with Crippen molar-refractivity contribution in [2.75, 3.05) is 0 Å². The average molecular weight is 300 g/mol. The number of hydrogen-bond donors (Lipinski definition) is 2. The molecular weight excluding hydrogens is 295 g/mol. The molecule has 2 N–H and O–H groups in total. The maximum atomic E-state index is 9.84. The molecule has 1 aromatic carbocycles. The van der Waals surface area contributed by atoms with E-state index in [1.165, 1.54) is 0 Å². The van der Waals surface area contributed by atoms with Crippen LogP contribution in [0.1, 0.15) is 11.1 Å². The van der Waals surface area contributed by atoms with Crippen LogP contribution in [-0.2, 0) is 0 Å². The molecule has 0 unspecified atom stereocenters. The molecule has 0 bridgehead atoms. The maximum absolute atomic E-state index is 9.84. The largest absolute Gasteiger partial charge is 0.505 e. The Morgan fingerprint density at radius 2 is 1.86 bits per heavy atom. The first-order chi connectivity index (χ1) is 6.79. The van der Waals surface area contributed by atoms with Crippen LogP contribution >= 0.6 is 21.0 Å². The van der Waals surface area contributed by atoms with E-state index < -0.39 is 21.0 Å². The van der Waals surface area contributed by atoms with Crippen LogP contribution in [0.25, 0.3) is 6.08 Å². The summed E-state index contributed by atoms with van der Waals surface area (Å²) in [7, 11) is 0. The molecule has 70 valence electrons. The molecule has 0 aromatic heterocycles. The molecule has 0 spiro atoms. The SMILES string of the molecule is Oc1c2c(c(O)c3c1=NC=C3)=NI=C2. The van der Waals surface area contributed by atoms with Crippen molar-refractivity contribution in [3.05, 3.63) is 28.0 Å². The molecule has 0 saturated heterocycles. The normalized spacial score (nSPS) is 15.4. The molecule has 0 aliphatic carbocycles. The minimum atomic E-state index is -0.414. The zero-order chi connectivity index (χ0) is 9.71. The minimum absolute atomic E-state index is 0.138. The van der Waals surface area contributed by atoms with Gasteiger partial charge in [0.25, 0.3) is 0 Å². The highest BCUT2D eigenvalue weighted by Crippen LogP contribution is 2.23. The Morgan fingerprint density at radius 3 is 2.71 bits per heavy atom. The maximum Gasteiger partial charge on any atom is 0.152 e. The van der Waals surface area contributed by atoms with Crippen LogP contribution in [0.2, 0.25) is 0 Å². The summed E-state index contributed by atoms with van der Waals surface area (Å²) in [5.74, 6) is 0.275. The van der Waals surface area contributed by atoms with Gasteiger partial charge in [-0.25, -0.2) is 3.21 Å². The molecule has 0 fully saturated rings. The van der Waals surface area contributed by atoms with Crippen molar-refractivity contribution < 1.29 is 10.2 Å². The molecule has 4 nitrogen and oxygen atoms in total. The van der Waals surface area contributed by atoms with Gasteiger partial charge in [-0.15, -0.1) is 0 Å². The highest BCUT2D eigenvalue weighted by atomic mass is 127. The Labute approximate surface area is 89.1 Å². The van der Waals surface area contributed by atoms with Crippen LogP contribution in [0, 0.1) is 0 Å². The predicted octanol–water partition coefficient (Wildman–Crippen LogP) is 0.371. The van der Waals surface area contributed by atoms with E-state index in [1.54, 1.807) is 12.3 Å². The number of halogens is 1. The summed E-state index contributed by atoms with van der Waals surface area (Å²) < 4.78 is 6.09. The molecule has 0 atom stereocenters. The summed E-state index contributed by atoms with van der Waals surface area (Å²) >= 11 is -0.414. The zero-order valence-corrected chi connectivity index (χ0v) is 9.06. The van der Waals surface area contributed by atoms with E-state index in [-0.39, 0.29) is 11.5 Å². The molecule has 2 heterocycles. The fourth-order valence-electron chi connectivity index (χ4n) is 1.52. The van der Waals surface area contributed by atoms with Gasteiger partial charge in [0.2, 0.25) is 0 Å². The third-order valence-electron chi connectivity index (χ3n) is 2.21. The van der Waals surface area contributed by atoms with E-state index >= 15 is 0 Å². The number of hydrogen-bond acceptors (Lipinski definition) is 4. The highest BCUT2D eigenvalue weighted by Gasteiger charge is 2.18. The molecule has 2 aliphatic rings. The third kappa shape index (κ3) is 0.848. The van der Waals surface area contributed by atoms with Crippen LogP contribution in [-0.4, -0.2) is 14.2 Å². The van der Waals surface area contributed by atoms with E-state index in [9.17, 15) is 10.2 Å². The van der Waals surface area contributed by atoms with Crippen molar-refractivity contribution in [2.24, 2.45) is 8.20 Å². The summed E-state index contributed by atoms with van der Waals surface area (Å²) in [6.45, 7) is 0.